The molecule has 1 amide bonds. The summed E-state index contributed by atoms with van der Waals surface area (Å²) in [7, 11) is 0. The van der Waals surface area contributed by atoms with E-state index in [1.54, 1.807) is 6.07 Å². The second kappa shape index (κ2) is 7.01. The molecule has 0 bridgehead atoms. The predicted molar refractivity (Wildman–Crippen MR) is 85.1 cm³/mol. The van der Waals surface area contributed by atoms with E-state index < -0.39 is 5.91 Å². The number of anilines is 1. The highest BCUT2D eigenvalue weighted by molar-refractivity contribution is 7.99. The Balaban J connectivity index is 2.09. The summed E-state index contributed by atoms with van der Waals surface area (Å²) in [5.74, 6) is 0.643. The first-order chi connectivity index (χ1) is 9.70. The van der Waals surface area contributed by atoms with Crippen LogP contribution in [0.1, 0.15) is 22.8 Å². The summed E-state index contributed by atoms with van der Waals surface area (Å²) >= 11 is 1.81. The summed E-state index contributed by atoms with van der Waals surface area (Å²) in [5.41, 5.74) is 7.99. The molecule has 0 aliphatic carbocycles. The van der Waals surface area contributed by atoms with Crippen molar-refractivity contribution in [2.45, 2.75) is 18.4 Å². The number of nitrogens with two attached hydrogens (primary N) is 1. The summed E-state index contributed by atoms with van der Waals surface area (Å²) in [5, 5.41) is 3.41. The summed E-state index contributed by atoms with van der Waals surface area (Å²) in [6, 6.07) is 15.6. The third-order valence-electron chi connectivity index (χ3n) is 2.88. The van der Waals surface area contributed by atoms with Gasteiger partial charge in [-0.05, 0) is 35.6 Å². The monoisotopic (exact) mass is 286 g/mol. The number of amides is 1. The van der Waals surface area contributed by atoms with Crippen molar-refractivity contribution in [2.24, 2.45) is 5.73 Å². The molecule has 104 valence electrons. The van der Waals surface area contributed by atoms with Crippen molar-refractivity contribution in [2.75, 3.05) is 11.1 Å². The molecule has 3 N–H and O–H groups in total. The van der Waals surface area contributed by atoms with Gasteiger partial charge in [0.25, 0.3) is 0 Å². The molecular formula is C16H18N2OS. The Labute approximate surface area is 123 Å². The molecule has 0 saturated heterocycles. The van der Waals surface area contributed by atoms with E-state index in [1.165, 1.54) is 4.90 Å². The molecule has 0 unspecified atom stereocenters. The van der Waals surface area contributed by atoms with Gasteiger partial charge in [0.2, 0.25) is 5.91 Å². The SMILES string of the molecule is CCSc1ccccc1NCc1cccc(C(N)=O)c1. The second-order valence-corrected chi connectivity index (χ2v) is 5.65. The number of carbonyl (C=O) groups is 1. The molecule has 3 nitrogen and oxygen atoms in total. The van der Waals surface area contributed by atoms with Gasteiger partial charge in [0.1, 0.15) is 0 Å². The fourth-order valence-electron chi connectivity index (χ4n) is 1.93. The van der Waals surface area contributed by atoms with Gasteiger partial charge < -0.3 is 11.1 Å². The van der Waals surface area contributed by atoms with E-state index in [2.05, 4.69) is 24.4 Å². The first-order valence-corrected chi connectivity index (χ1v) is 7.53. The molecule has 20 heavy (non-hydrogen) atoms. The minimum Gasteiger partial charge on any atom is -0.380 e. The Morgan fingerprint density at radius 1 is 1.20 bits per heavy atom. The van der Waals surface area contributed by atoms with Crippen LogP contribution in [0.15, 0.2) is 53.4 Å². The van der Waals surface area contributed by atoms with Crippen LogP contribution in [-0.4, -0.2) is 11.7 Å². The first-order valence-electron chi connectivity index (χ1n) is 6.55. The van der Waals surface area contributed by atoms with Gasteiger partial charge in [0, 0.05) is 22.7 Å². The number of carbonyl (C=O) groups excluding carboxylic acids is 1. The molecule has 4 heteroatoms. The Bertz CT molecular complexity index is 599. The number of nitrogens with one attached hydrogen (secondary N) is 1. The largest absolute Gasteiger partial charge is 0.380 e. The van der Waals surface area contributed by atoms with Crippen molar-refractivity contribution in [3.63, 3.8) is 0 Å². The maximum Gasteiger partial charge on any atom is 0.248 e. The fourth-order valence-corrected chi connectivity index (χ4v) is 2.71. The first kappa shape index (κ1) is 14.5. The van der Waals surface area contributed by atoms with Crippen molar-refractivity contribution in [3.8, 4) is 0 Å². The Hall–Kier alpha value is -1.94. The third-order valence-corrected chi connectivity index (χ3v) is 3.84. The number of benzene rings is 2. The highest BCUT2D eigenvalue weighted by Crippen LogP contribution is 2.26. The lowest BCUT2D eigenvalue weighted by Gasteiger charge is -2.11. The normalized spacial score (nSPS) is 10.2. The van der Waals surface area contributed by atoms with E-state index in [0.717, 1.165) is 17.0 Å². The van der Waals surface area contributed by atoms with Crippen LogP contribution in [0.4, 0.5) is 5.69 Å². The lowest BCUT2D eigenvalue weighted by atomic mass is 10.1. The number of hydrogen-bond acceptors (Lipinski definition) is 3. The Kier molecular flexibility index (Phi) is 5.07. The van der Waals surface area contributed by atoms with Crippen molar-refractivity contribution < 1.29 is 4.79 Å². The molecule has 0 aliphatic rings. The van der Waals surface area contributed by atoms with Crippen LogP contribution >= 0.6 is 11.8 Å². The van der Waals surface area contributed by atoms with Crippen molar-refractivity contribution >= 4 is 23.4 Å². The molecule has 0 saturated carbocycles. The molecule has 0 spiro atoms. The molecule has 0 aliphatic heterocycles. The van der Waals surface area contributed by atoms with Crippen LogP contribution in [0, 0.1) is 0 Å². The van der Waals surface area contributed by atoms with Gasteiger partial charge in [-0.2, -0.15) is 0 Å². The molecule has 0 heterocycles. The molecule has 2 rings (SSSR count). The molecule has 0 aromatic heterocycles. The van der Waals surface area contributed by atoms with Gasteiger partial charge in [0.15, 0.2) is 0 Å². The number of rotatable bonds is 6. The van der Waals surface area contributed by atoms with Gasteiger partial charge >= 0.3 is 0 Å². The maximum absolute atomic E-state index is 11.2. The Morgan fingerprint density at radius 3 is 2.75 bits per heavy atom. The van der Waals surface area contributed by atoms with Crippen LogP contribution in [0.25, 0.3) is 0 Å². The average molecular weight is 286 g/mol. The number of para-hydroxylation sites is 1. The minimum absolute atomic E-state index is 0.395. The van der Waals surface area contributed by atoms with E-state index in [0.29, 0.717) is 12.1 Å². The lowest BCUT2D eigenvalue weighted by Crippen LogP contribution is -2.11. The Morgan fingerprint density at radius 2 is 2.00 bits per heavy atom. The highest BCUT2D eigenvalue weighted by atomic mass is 32.2. The summed E-state index contributed by atoms with van der Waals surface area (Å²) in [4.78, 5) is 12.4. The van der Waals surface area contributed by atoms with Crippen molar-refractivity contribution in [3.05, 3.63) is 59.7 Å². The standard InChI is InChI=1S/C16H18N2OS/c1-2-20-15-9-4-3-8-14(15)18-11-12-6-5-7-13(10-12)16(17)19/h3-10,18H,2,11H2,1H3,(H2,17,19). The van der Waals surface area contributed by atoms with Crippen LogP contribution in [0.3, 0.4) is 0 Å². The topological polar surface area (TPSA) is 55.1 Å². The van der Waals surface area contributed by atoms with Gasteiger partial charge in [-0.25, -0.2) is 0 Å². The molecule has 0 atom stereocenters. The summed E-state index contributed by atoms with van der Waals surface area (Å²) < 4.78 is 0. The molecule has 0 fully saturated rings. The zero-order valence-corrected chi connectivity index (χ0v) is 12.2. The van der Waals surface area contributed by atoms with E-state index in [9.17, 15) is 4.79 Å². The van der Waals surface area contributed by atoms with Crippen molar-refractivity contribution in [1.29, 1.82) is 0 Å². The zero-order valence-electron chi connectivity index (χ0n) is 11.4. The van der Waals surface area contributed by atoms with Crippen LogP contribution in [-0.2, 0) is 6.54 Å². The van der Waals surface area contributed by atoms with Gasteiger partial charge in [-0.15, -0.1) is 11.8 Å². The fraction of sp³-hybridized carbons (Fsp3) is 0.188. The van der Waals surface area contributed by atoms with Gasteiger partial charge in [0.05, 0.1) is 0 Å². The molecule has 0 radical (unpaired) electrons. The van der Waals surface area contributed by atoms with Crippen LogP contribution in [0.5, 0.6) is 0 Å². The summed E-state index contributed by atoms with van der Waals surface area (Å²) in [6.07, 6.45) is 0. The van der Waals surface area contributed by atoms with E-state index in [-0.39, 0.29) is 0 Å². The molecular weight excluding hydrogens is 268 g/mol. The smallest absolute Gasteiger partial charge is 0.248 e. The zero-order chi connectivity index (χ0) is 14.4. The predicted octanol–water partition coefficient (Wildman–Crippen LogP) is 3.51. The number of primary amides is 1. The van der Waals surface area contributed by atoms with Crippen molar-refractivity contribution in [1.82, 2.24) is 0 Å². The maximum atomic E-state index is 11.2. The quantitative estimate of drug-likeness (QED) is 0.799. The van der Waals surface area contributed by atoms with Crippen LogP contribution < -0.4 is 11.1 Å². The number of hydrogen-bond donors (Lipinski definition) is 2. The van der Waals surface area contributed by atoms with E-state index in [1.807, 2.05) is 42.1 Å². The lowest BCUT2D eigenvalue weighted by molar-refractivity contribution is 0.1000. The second-order valence-electron chi connectivity index (χ2n) is 4.35. The third kappa shape index (κ3) is 3.78. The number of thioether (sulfide) groups is 1. The minimum atomic E-state index is -0.395. The van der Waals surface area contributed by atoms with Crippen LogP contribution in [0.2, 0.25) is 0 Å². The molecule has 2 aromatic rings. The highest BCUT2D eigenvalue weighted by Gasteiger charge is 2.03. The van der Waals surface area contributed by atoms with Gasteiger partial charge in [-0.3, -0.25) is 4.79 Å². The van der Waals surface area contributed by atoms with Gasteiger partial charge in [-0.1, -0.05) is 31.2 Å². The van der Waals surface area contributed by atoms with E-state index >= 15 is 0 Å². The summed E-state index contributed by atoms with van der Waals surface area (Å²) in [6.45, 7) is 2.81. The van der Waals surface area contributed by atoms with E-state index in [4.69, 9.17) is 5.73 Å². The molecule has 2 aromatic carbocycles. The average Bonchev–Trinajstić information content (AvgIpc) is 2.47.